The van der Waals surface area contributed by atoms with Gasteiger partial charge in [0.1, 0.15) is 11.0 Å². The van der Waals surface area contributed by atoms with E-state index in [4.69, 9.17) is 11.6 Å². The van der Waals surface area contributed by atoms with Crippen molar-refractivity contribution in [2.45, 2.75) is 38.6 Å². The Morgan fingerprint density at radius 2 is 1.90 bits per heavy atom. The van der Waals surface area contributed by atoms with Crippen molar-refractivity contribution in [3.05, 3.63) is 88.0 Å². The second-order valence-corrected chi connectivity index (χ2v) is 8.43. The van der Waals surface area contributed by atoms with Gasteiger partial charge in [0.2, 0.25) is 6.41 Å². The van der Waals surface area contributed by atoms with Crippen LogP contribution in [0, 0.1) is 19.7 Å². The molecule has 1 aromatic heterocycles. The van der Waals surface area contributed by atoms with Gasteiger partial charge in [0.15, 0.2) is 0 Å². The largest absolute Gasteiger partial charge is 0.355 e. The van der Waals surface area contributed by atoms with E-state index in [-0.39, 0.29) is 17.8 Å². The number of amides is 1. The van der Waals surface area contributed by atoms with Gasteiger partial charge in [0.05, 0.1) is 11.7 Å². The molecule has 0 saturated carbocycles. The molecule has 2 aromatic carbocycles. The van der Waals surface area contributed by atoms with E-state index in [9.17, 15) is 9.18 Å². The number of hydrogen-bond donors (Lipinski definition) is 1. The van der Waals surface area contributed by atoms with E-state index in [1.807, 2.05) is 55.1 Å². The van der Waals surface area contributed by atoms with Crippen LogP contribution in [0.15, 0.2) is 54.7 Å². The summed E-state index contributed by atoms with van der Waals surface area (Å²) >= 11 is 6.37. The maximum absolute atomic E-state index is 13.4. The molecule has 0 spiro atoms. The molecular weight excluding hydrogens is 413 g/mol. The van der Waals surface area contributed by atoms with Crippen molar-refractivity contribution in [1.29, 1.82) is 0 Å². The Balaban J connectivity index is 1.73. The van der Waals surface area contributed by atoms with Gasteiger partial charge >= 0.3 is 0 Å². The lowest BCUT2D eigenvalue weighted by atomic mass is 9.82. The van der Waals surface area contributed by atoms with E-state index >= 15 is 0 Å². The number of aryl methyl sites for hydroxylation is 1. The smallest absolute Gasteiger partial charge is 0.210 e. The summed E-state index contributed by atoms with van der Waals surface area (Å²) in [6, 6.07) is 14.6. The topological polar surface area (TPSA) is 45.2 Å². The number of halogens is 2. The van der Waals surface area contributed by atoms with Crippen LogP contribution in [0.1, 0.15) is 47.1 Å². The third kappa shape index (κ3) is 4.42. The summed E-state index contributed by atoms with van der Waals surface area (Å²) in [4.78, 5) is 18.1. The number of benzene rings is 2. The molecule has 0 aliphatic carbocycles. The second kappa shape index (κ2) is 9.06. The van der Waals surface area contributed by atoms with Crippen LogP contribution < -0.4 is 5.32 Å². The van der Waals surface area contributed by atoms with Crippen LogP contribution in [0.3, 0.4) is 0 Å². The molecule has 1 aliphatic rings. The predicted octanol–water partition coefficient (Wildman–Crippen LogP) is 6.31. The summed E-state index contributed by atoms with van der Waals surface area (Å²) in [5.74, 6) is -0.0167. The number of para-hydroxylation sites is 1. The van der Waals surface area contributed by atoms with Gasteiger partial charge in [0.25, 0.3) is 0 Å². The highest BCUT2D eigenvalue weighted by Gasteiger charge is 2.32. The van der Waals surface area contributed by atoms with Gasteiger partial charge in [-0.05, 0) is 61.9 Å². The number of rotatable bonds is 5. The van der Waals surface area contributed by atoms with Gasteiger partial charge in [-0.15, -0.1) is 0 Å². The van der Waals surface area contributed by atoms with Crippen LogP contribution >= 0.6 is 11.6 Å². The number of nitrogens with zero attached hydrogens (tertiary/aromatic N) is 2. The Bertz CT molecular complexity index is 1090. The van der Waals surface area contributed by atoms with Gasteiger partial charge in [-0.3, -0.25) is 4.79 Å². The van der Waals surface area contributed by atoms with E-state index < -0.39 is 0 Å². The predicted molar refractivity (Wildman–Crippen MR) is 122 cm³/mol. The zero-order chi connectivity index (χ0) is 22.0. The molecule has 160 valence electrons. The van der Waals surface area contributed by atoms with Gasteiger partial charge in [-0.1, -0.05) is 41.9 Å². The first-order chi connectivity index (χ1) is 15.0. The average molecular weight is 438 g/mol. The molecule has 31 heavy (non-hydrogen) atoms. The third-order valence-corrected chi connectivity index (χ3v) is 6.56. The normalized spacial score (nSPS) is 18.6. The number of nitrogens with one attached hydrogen (secondary N) is 1. The molecule has 2 atom stereocenters. The van der Waals surface area contributed by atoms with Crippen molar-refractivity contribution < 1.29 is 9.18 Å². The molecule has 1 amide bonds. The Kier molecular flexibility index (Phi) is 6.23. The van der Waals surface area contributed by atoms with E-state index in [2.05, 4.69) is 10.3 Å². The standard InChI is InChI=1S/C25H25ClFN3O/c1-16-5-3-4-6-22(16)29-24-17(2)25(26)28-14-21(24)23-13-19(11-12-30(23)15-31)18-7-9-20(27)10-8-18/h3-10,14-15,19,23H,11-13H2,1-2H3,(H,28,29). The fraction of sp³-hybridized carbons (Fsp3) is 0.280. The zero-order valence-electron chi connectivity index (χ0n) is 17.6. The first-order valence-electron chi connectivity index (χ1n) is 10.4. The molecule has 1 N–H and O–H groups in total. The molecule has 4 rings (SSSR count). The molecule has 1 fully saturated rings. The number of anilines is 2. The van der Waals surface area contributed by atoms with E-state index in [1.54, 1.807) is 6.20 Å². The molecule has 3 aromatic rings. The van der Waals surface area contributed by atoms with E-state index in [1.165, 1.54) is 12.1 Å². The fourth-order valence-electron chi connectivity index (χ4n) is 4.33. The van der Waals surface area contributed by atoms with Gasteiger partial charge in [0, 0.05) is 29.6 Å². The molecule has 4 nitrogen and oxygen atoms in total. The molecule has 2 unspecified atom stereocenters. The van der Waals surface area contributed by atoms with Crippen molar-refractivity contribution in [1.82, 2.24) is 9.88 Å². The van der Waals surface area contributed by atoms with E-state index in [0.29, 0.717) is 11.7 Å². The summed E-state index contributed by atoms with van der Waals surface area (Å²) < 4.78 is 13.4. The number of hydrogen-bond acceptors (Lipinski definition) is 3. The highest BCUT2D eigenvalue weighted by molar-refractivity contribution is 6.30. The lowest BCUT2D eigenvalue weighted by Gasteiger charge is -2.38. The SMILES string of the molecule is Cc1ccccc1Nc1c(C2CC(c3ccc(F)cc3)CCN2C=O)cnc(Cl)c1C. The average Bonchev–Trinajstić information content (AvgIpc) is 2.78. The summed E-state index contributed by atoms with van der Waals surface area (Å²) in [5.41, 5.74) is 5.84. The van der Waals surface area contributed by atoms with Crippen molar-refractivity contribution in [2.24, 2.45) is 0 Å². The number of aromatic nitrogens is 1. The minimum atomic E-state index is -0.243. The first kappa shape index (κ1) is 21.3. The molecule has 1 aliphatic heterocycles. The Morgan fingerprint density at radius 3 is 2.61 bits per heavy atom. The van der Waals surface area contributed by atoms with Crippen LogP contribution in [0.4, 0.5) is 15.8 Å². The van der Waals surface area contributed by atoms with Crippen LogP contribution in [0.2, 0.25) is 5.15 Å². The molecule has 0 bridgehead atoms. The number of carbonyl (C=O) groups is 1. The monoisotopic (exact) mass is 437 g/mol. The van der Waals surface area contributed by atoms with Crippen LogP contribution in [0.5, 0.6) is 0 Å². The molecule has 2 heterocycles. The lowest BCUT2D eigenvalue weighted by Crippen LogP contribution is -2.35. The number of pyridine rings is 1. The third-order valence-electron chi connectivity index (χ3n) is 6.17. The number of carbonyl (C=O) groups excluding carboxylic acids is 1. The van der Waals surface area contributed by atoms with Crippen molar-refractivity contribution in [3.63, 3.8) is 0 Å². The number of likely N-dealkylation sites (tertiary alicyclic amines) is 1. The van der Waals surface area contributed by atoms with Crippen molar-refractivity contribution >= 4 is 29.4 Å². The minimum absolute atomic E-state index is 0.156. The fourth-order valence-corrected chi connectivity index (χ4v) is 4.47. The van der Waals surface area contributed by atoms with Gasteiger partial charge in [-0.25, -0.2) is 9.37 Å². The lowest BCUT2D eigenvalue weighted by molar-refractivity contribution is -0.121. The Labute approximate surface area is 187 Å². The summed E-state index contributed by atoms with van der Waals surface area (Å²) in [5, 5.41) is 3.97. The van der Waals surface area contributed by atoms with E-state index in [0.717, 1.165) is 52.9 Å². The summed E-state index contributed by atoms with van der Waals surface area (Å²) in [6.07, 6.45) is 4.24. The second-order valence-electron chi connectivity index (χ2n) is 8.08. The minimum Gasteiger partial charge on any atom is -0.355 e. The van der Waals surface area contributed by atoms with Gasteiger partial charge < -0.3 is 10.2 Å². The maximum Gasteiger partial charge on any atom is 0.210 e. The Morgan fingerprint density at radius 1 is 1.16 bits per heavy atom. The molecular formula is C25H25ClFN3O. The molecule has 1 saturated heterocycles. The quantitative estimate of drug-likeness (QED) is 0.375. The van der Waals surface area contributed by atoms with Gasteiger partial charge in [-0.2, -0.15) is 0 Å². The van der Waals surface area contributed by atoms with Crippen LogP contribution in [0.25, 0.3) is 0 Å². The molecule has 0 radical (unpaired) electrons. The highest BCUT2D eigenvalue weighted by Crippen LogP contribution is 2.43. The highest BCUT2D eigenvalue weighted by atomic mass is 35.5. The van der Waals surface area contributed by atoms with Crippen molar-refractivity contribution in [3.8, 4) is 0 Å². The zero-order valence-corrected chi connectivity index (χ0v) is 18.4. The van der Waals surface area contributed by atoms with Crippen molar-refractivity contribution in [2.75, 3.05) is 11.9 Å². The summed E-state index contributed by atoms with van der Waals surface area (Å²) in [7, 11) is 0. The maximum atomic E-state index is 13.4. The first-order valence-corrected chi connectivity index (χ1v) is 10.8. The molecule has 6 heteroatoms. The van der Waals surface area contributed by atoms with Crippen LogP contribution in [-0.4, -0.2) is 22.8 Å². The summed E-state index contributed by atoms with van der Waals surface area (Å²) in [6.45, 7) is 4.61. The Hall–Kier alpha value is -2.92. The van der Waals surface area contributed by atoms with Crippen LogP contribution in [-0.2, 0) is 4.79 Å². The number of piperidine rings is 1.